The fourth-order valence-corrected chi connectivity index (χ4v) is 3.68. The van der Waals surface area contributed by atoms with Crippen LogP contribution in [0.3, 0.4) is 0 Å². The quantitative estimate of drug-likeness (QED) is 0.824. The number of benzene rings is 2. The van der Waals surface area contributed by atoms with Crippen LogP contribution in [-0.4, -0.2) is 45.3 Å². The number of rotatable bonds is 5. The van der Waals surface area contributed by atoms with Gasteiger partial charge in [-0.05, 0) is 18.4 Å². The average Bonchev–Trinajstić information content (AvgIpc) is 3.00. The van der Waals surface area contributed by atoms with Crippen LogP contribution in [0.1, 0.15) is 30.7 Å². The van der Waals surface area contributed by atoms with Crippen LogP contribution in [0.25, 0.3) is 0 Å². The zero-order valence-corrected chi connectivity index (χ0v) is 16.7. The van der Waals surface area contributed by atoms with Crippen LogP contribution in [0.4, 0.5) is 10.5 Å². The fourth-order valence-electron chi connectivity index (χ4n) is 3.68. The van der Waals surface area contributed by atoms with Gasteiger partial charge in [-0.1, -0.05) is 36.8 Å². The first-order valence-corrected chi connectivity index (χ1v) is 9.57. The van der Waals surface area contributed by atoms with Crippen molar-refractivity contribution in [2.45, 2.75) is 25.2 Å². The van der Waals surface area contributed by atoms with Gasteiger partial charge in [0.05, 0.1) is 27.0 Å². The second-order valence-corrected chi connectivity index (χ2v) is 6.89. The number of anilines is 1. The first-order valence-electron chi connectivity index (χ1n) is 9.57. The summed E-state index contributed by atoms with van der Waals surface area (Å²) in [7, 11) is 4.67. The lowest BCUT2D eigenvalue weighted by molar-refractivity contribution is 0.211. The van der Waals surface area contributed by atoms with Gasteiger partial charge in [-0.3, -0.25) is 0 Å². The maximum absolute atomic E-state index is 13.0. The number of nitrogens with one attached hydrogen (secondary N) is 1. The molecule has 2 aromatic carbocycles. The Morgan fingerprint density at radius 1 is 1.00 bits per heavy atom. The van der Waals surface area contributed by atoms with Crippen LogP contribution in [0.2, 0.25) is 0 Å². The van der Waals surface area contributed by atoms with Gasteiger partial charge in [-0.25, -0.2) is 4.79 Å². The lowest BCUT2D eigenvalue weighted by Gasteiger charge is -2.25. The molecule has 0 saturated carbocycles. The molecule has 0 radical (unpaired) electrons. The molecule has 0 aromatic heterocycles. The highest BCUT2D eigenvalue weighted by atomic mass is 16.5. The number of nitrogens with zero attached hydrogens (tertiary/aromatic N) is 1. The van der Waals surface area contributed by atoms with E-state index in [1.54, 1.807) is 33.5 Å². The molecule has 150 valence electrons. The molecule has 1 unspecified atom stereocenters. The van der Waals surface area contributed by atoms with Crippen molar-refractivity contribution in [1.82, 2.24) is 4.90 Å². The summed E-state index contributed by atoms with van der Waals surface area (Å²) in [5.41, 5.74) is 1.90. The number of methoxy groups -OCH3 is 3. The van der Waals surface area contributed by atoms with Crippen LogP contribution in [0.5, 0.6) is 17.2 Å². The Balaban J connectivity index is 1.76. The number of carbonyl (C=O) groups is 1. The van der Waals surface area contributed by atoms with E-state index in [-0.39, 0.29) is 6.03 Å². The van der Waals surface area contributed by atoms with E-state index in [0.717, 1.165) is 25.8 Å². The zero-order valence-electron chi connectivity index (χ0n) is 16.7. The SMILES string of the molecule is COc1cc(NC(=O)N2CCCCC(c3ccccc3)C2)cc(OC)c1OC. The van der Waals surface area contributed by atoms with Crippen LogP contribution in [-0.2, 0) is 0 Å². The van der Waals surface area contributed by atoms with Crippen molar-refractivity contribution >= 4 is 11.7 Å². The zero-order chi connectivity index (χ0) is 19.9. The second kappa shape index (κ2) is 9.35. The largest absolute Gasteiger partial charge is 0.493 e. The summed E-state index contributed by atoms with van der Waals surface area (Å²) in [5, 5.41) is 2.98. The van der Waals surface area contributed by atoms with E-state index >= 15 is 0 Å². The Bertz CT molecular complexity index is 769. The van der Waals surface area contributed by atoms with Crippen molar-refractivity contribution in [3.63, 3.8) is 0 Å². The van der Waals surface area contributed by atoms with Crippen molar-refractivity contribution in [3.8, 4) is 17.2 Å². The van der Waals surface area contributed by atoms with Gasteiger partial charge in [0.25, 0.3) is 0 Å². The number of urea groups is 1. The third-order valence-corrected chi connectivity index (χ3v) is 5.15. The van der Waals surface area contributed by atoms with Crippen molar-refractivity contribution in [1.29, 1.82) is 0 Å². The highest BCUT2D eigenvalue weighted by Gasteiger charge is 2.24. The third kappa shape index (κ3) is 4.50. The van der Waals surface area contributed by atoms with Crippen molar-refractivity contribution in [2.24, 2.45) is 0 Å². The van der Waals surface area contributed by atoms with Crippen LogP contribution in [0, 0.1) is 0 Å². The fraction of sp³-hybridized carbons (Fsp3) is 0.409. The molecule has 1 atom stereocenters. The van der Waals surface area contributed by atoms with E-state index in [2.05, 4.69) is 29.6 Å². The molecule has 3 rings (SSSR count). The summed E-state index contributed by atoms with van der Waals surface area (Å²) in [5.74, 6) is 1.88. The molecule has 6 nitrogen and oxygen atoms in total. The van der Waals surface area contributed by atoms with E-state index in [1.165, 1.54) is 5.56 Å². The number of hydrogen-bond donors (Lipinski definition) is 1. The van der Waals surface area contributed by atoms with Gasteiger partial charge in [-0.2, -0.15) is 0 Å². The lowest BCUT2D eigenvalue weighted by Crippen LogP contribution is -2.37. The summed E-state index contributed by atoms with van der Waals surface area (Å²) >= 11 is 0. The van der Waals surface area contributed by atoms with Crippen molar-refractivity contribution in [3.05, 3.63) is 48.0 Å². The molecule has 1 aliphatic rings. The second-order valence-electron chi connectivity index (χ2n) is 6.89. The monoisotopic (exact) mass is 384 g/mol. The van der Waals surface area contributed by atoms with Gasteiger partial charge in [0.2, 0.25) is 5.75 Å². The Labute approximate surface area is 166 Å². The number of likely N-dealkylation sites (tertiary alicyclic amines) is 1. The summed E-state index contributed by atoms with van der Waals surface area (Å²) in [6.45, 7) is 1.46. The van der Waals surface area contributed by atoms with Gasteiger partial charge in [0.15, 0.2) is 11.5 Å². The number of amides is 2. The van der Waals surface area contributed by atoms with Gasteiger partial charge >= 0.3 is 6.03 Å². The molecule has 0 bridgehead atoms. The maximum atomic E-state index is 13.0. The van der Waals surface area contributed by atoms with E-state index in [0.29, 0.717) is 35.4 Å². The molecule has 1 N–H and O–H groups in total. The Kier molecular flexibility index (Phi) is 6.63. The van der Waals surface area contributed by atoms with Gasteiger partial charge in [0, 0.05) is 31.1 Å². The van der Waals surface area contributed by atoms with E-state index in [9.17, 15) is 4.79 Å². The molecule has 1 fully saturated rings. The minimum absolute atomic E-state index is 0.114. The Morgan fingerprint density at radius 2 is 1.68 bits per heavy atom. The van der Waals surface area contributed by atoms with E-state index < -0.39 is 0 Å². The standard InChI is InChI=1S/C22H28N2O4/c1-26-19-13-18(14-20(27-2)21(19)28-3)23-22(25)24-12-8-7-11-17(15-24)16-9-5-4-6-10-16/h4-6,9-10,13-14,17H,7-8,11-12,15H2,1-3H3,(H,23,25). The van der Waals surface area contributed by atoms with Crippen LogP contribution < -0.4 is 19.5 Å². The molecule has 1 heterocycles. The van der Waals surface area contributed by atoms with Gasteiger partial charge in [-0.15, -0.1) is 0 Å². The predicted octanol–water partition coefficient (Wildman–Crippen LogP) is 4.51. The normalized spacial score (nSPS) is 16.8. The van der Waals surface area contributed by atoms with Crippen LogP contribution >= 0.6 is 0 Å². The maximum Gasteiger partial charge on any atom is 0.321 e. The molecule has 0 spiro atoms. The number of ether oxygens (including phenoxy) is 3. The molecule has 2 aromatic rings. The van der Waals surface area contributed by atoms with Crippen LogP contribution in [0.15, 0.2) is 42.5 Å². The number of carbonyl (C=O) groups excluding carboxylic acids is 1. The molecule has 1 aliphatic heterocycles. The molecule has 6 heteroatoms. The molecule has 1 saturated heterocycles. The number of hydrogen-bond acceptors (Lipinski definition) is 4. The van der Waals surface area contributed by atoms with Crippen molar-refractivity contribution < 1.29 is 19.0 Å². The first kappa shape index (κ1) is 19.9. The minimum atomic E-state index is -0.114. The molecular weight excluding hydrogens is 356 g/mol. The summed E-state index contributed by atoms with van der Waals surface area (Å²) in [6, 6.07) is 13.8. The third-order valence-electron chi connectivity index (χ3n) is 5.15. The topological polar surface area (TPSA) is 60.0 Å². The van der Waals surface area contributed by atoms with Crippen molar-refractivity contribution in [2.75, 3.05) is 39.7 Å². The molecule has 2 amide bonds. The highest BCUT2D eigenvalue weighted by molar-refractivity contribution is 5.90. The van der Waals surface area contributed by atoms with E-state index in [1.807, 2.05) is 11.0 Å². The summed E-state index contributed by atoms with van der Waals surface area (Å²) < 4.78 is 16.1. The lowest BCUT2D eigenvalue weighted by atomic mass is 9.94. The first-order chi connectivity index (χ1) is 13.7. The molecule has 28 heavy (non-hydrogen) atoms. The van der Waals surface area contributed by atoms with Gasteiger partial charge in [0.1, 0.15) is 0 Å². The molecule has 0 aliphatic carbocycles. The summed E-state index contributed by atoms with van der Waals surface area (Å²) in [4.78, 5) is 14.8. The highest BCUT2D eigenvalue weighted by Crippen LogP contribution is 2.40. The molecular formula is C22H28N2O4. The van der Waals surface area contributed by atoms with E-state index in [4.69, 9.17) is 14.2 Å². The predicted molar refractivity (Wildman–Crippen MR) is 110 cm³/mol. The Hall–Kier alpha value is -2.89. The minimum Gasteiger partial charge on any atom is -0.493 e. The Morgan fingerprint density at radius 3 is 2.29 bits per heavy atom. The average molecular weight is 384 g/mol. The smallest absolute Gasteiger partial charge is 0.321 e. The van der Waals surface area contributed by atoms with Gasteiger partial charge < -0.3 is 24.4 Å². The summed E-state index contributed by atoms with van der Waals surface area (Å²) in [6.07, 6.45) is 3.22.